The zero-order valence-electron chi connectivity index (χ0n) is 10.5. The molecule has 1 aromatic heterocycles. The Morgan fingerprint density at radius 2 is 2.35 bits per heavy atom. The van der Waals surface area contributed by atoms with Gasteiger partial charge in [0.2, 0.25) is 5.76 Å². The molecule has 1 aliphatic carbocycles. The molecule has 17 heavy (non-hydrogen) atoms. The smallest absolute Gasteiger partial charge is 0.373 e. The molecule has 0 bridgehead atoms. The molecule has 1 heterocycles. The number of ether oxygens (including phenoxy) is 1. The van der Waals surface area contributed by atoms with Crippen molar-refractivity contribution >= 4 is 5.97 Å². The summed E-state index contributed by atoms with van der Waals surface area (Å²) >= 11 is 0. The molecule has 0 saturated heterocycles. The fourth-order valence-corrected chi connectivity index (χ4v) is 2.23. The molecule has 94 valence electrons. The van der Waals surface area contributed by atoms with E-state index in [2.05, 4.69) is 23.9 Å². The second-order valence-corrected chi connectivity index (χ2v) is 4.61. The molecule has 4 nitrogen and oxygen atoms in total. The number of methoxy groups -OCH3 is 1. The van der Waals surface area contributed by atoms with Crippen LogP contribution in [0.3, 0.4) is 0 Å². The topological polar surface area (TPSA) is 51.5 Å². The minimum absolute atomic E-state index is 0.216. The van der Waals surface area contributed by atoms with Crippen molar-refractivity contribution in [1.29, 1.82) is 0 Å². The Morgan fingerprint density at radius 3 is 2.88 bits per heavy atom. The van der Waals surface area contributed by atoms with Crippen LogP contribution in [-0.2, 0) is 4.74 Å². The molecule has 0 aliphatic heterocycles. The summed E-state index contributed by atoms with van der Waals surface area (Å²) in [5.74, 6) is 2.04. The first-order chi connectivity index (χ1) is 8.17. The van der Waals surface area contributed by atoms with Crippen molar-refractivity contribution in [2.45, 2.75) is 26.3 Å². The van der Waals surface area contributed by atoms with Gasteiger partial charge in [-0.1, -0.05) is 13.8 Å². The van der Waals surface area contributed by atoms with E-state index in [1.807, 2.05) is 6.07 Å². The van der Waals surface area contributed by atoms with E-state index in [1.54, 1.807) is 6.07 Å². The Balaban J connectivity index is 2.13. The molecular formula is C13H19NO3. The lowest BCUT2D eigenvalue weighted by Gasteiger charge is -2.14. The Morgan fingerprint density at radius 1 is 1.65 bits per heavy atom. The first kappa shape index (κ1) is 12.2. The van der Waals surface area contributed by atoms with Gasteiger partial charge in [-0.05, 0) is 36.9 Å². The number of nitrogens with one attached hydrogen (secondary N) is 1. The Labute approximate surface area is 101 Å². The van der Waals surface area contributed by atoms with E-state index < -0.39 is 5.97 Å². The lowest BCUT2D eigenvalue weighted by atomic mass is 10.1. The molecule has 0 spiro atoms. The van der Waals surface area contributed by atoms with Gasteiger partial charge in [0.1, 0.15) is 5.76 Å². The summed E-state index contributed by atoms with van der Waals surface area (Å²) in [6.45, 7) is 5.20. The summed E-state index contributed by atoms with van der Waals surface area (Å²) in [5, 5.41) is 3.42. The van der Waals surface area contributed by atoms with Crippen LogP contribution in [0.25, 0.3) is 0 Å². The predicted octanol–water partition coefficient (Wildman–Crippen LogP) is 2.37. The van der Waals surface area contributed by atoms with E-state index in [-0.39, 0.29) is 11.8 Å². The number of furan rings is 1. The van der Waals surface area contributed by atoms with Gasteiger partial charge in [-0.25, -0.2) is 4.79 Å². The number of carbonyl (C=O) groups is 1. The van der Waals surface area contributed by atoms with Gasteiger partial charge < -0.3 is 14.5 Å². The van der Waals surface area contributed by atoms with Crippen molar-refractivity contribution in [2.24, 2.45) is 11.8 Å². The molecule has 2 rings (SSSR count). The van der Waals surface area contributed by atoms with Crippen LogP contribution in [-0.4, -0.2) is 19.6 Å². The van der Waals surface area contributed by atoms with Gasteiger partial charge >= 0.3 is 5.97 Å². The molecule has 1 fully saturated rings. The Bertz CT molecular complexity index is 399. The van der Waals surface area contributed by atoms with Crippen LogP contribution in [0, 0.1) is 11.8 Å². The average molecular weight is 237 g/mol. The number of rotatable bonds is 5. The van der Waals surface area contributed by atoms with E-state index in [0.717, 1.165) is 18.2 Å². The molecule has 1 saturated carbocycles. The quantitative estimate of drug-likeness (QED) is 0.799. The summed E-state index contributed by atoms with van der Waals surface area (Å²) in [7, 11) is 1.36. The van der Waals surface area contributed by atoms with E-state index in [1.165, 1.54) is 13.5 Å². The monoisotopic (exact) mass is 237 g/mol. The van der Waals surface area contributed by atoms with Crippen molar-refractivity contribution in [3.8, 4) is 0 Å². The molecule has 1 N–H and O–H groups in total. The third-order valence-corrected chi connectivity index (χ3v) is 3.34. The van der Waals surface area contributed by atoms with Crippen molar-refractivity contribution in [3.63, 3.8) is 0 Å². The maximum absolute atomic E-state index is 11.3. The molecule has 1 aliphatic rings. The normalized spacial score (nSPS) is 24.4. The largest absolute Gasteiger partial charge is 0.463 e. The Hall–Kier alpha value is -1.29. The molecular weight excluding hydrogens is 218 g/mol. The van der Waals surface area contributed by atoms with Crippen LogP contribution in [0.15, 0.2) is 16.5 Å². The lowest BCUT2D eigenvalue weighted by molar-refractivity contribution is 0.0561. The van der Waals surface area contributed by atoms with Gasteiger partial charge in [0.25, 0.3) is 0 Å². The maximum Gasteiger partial charge on any atom is 0.373 e. The minimum atomic E-state index is -0.421. The summed E-state index contributed by atoms with van der Waals surface area (Å²) in [6.07, 6.45) is 1.21. The number of hydrogen-bond acceptors (Lipinski definition) is 4. The van der Waals surface area contributed by atoms with E-state index in [9.17, 15) is 4.79 Å². The minimum Gasteiger partial charge on any atom is -0.463 e. The standard InChI is InChI=1S/C13H19NO3/c1-4-14-12(9-7-8(9)2)10-5-6-11(17-10)13(15)16-3/h5-6,8-9,12,14H,4,7H2,1-3H3. The third-order valence-electron chi connectivity index (χ3n) is 3.34. The van der Waals surface area contributed by atoms with Gasteiger partial charge in [-0.15, -0.1) is 0 Å². The highest BCUT2D eigenvalue weighted by Crippen LogP contribution is 2.47. The fraction of sp³-hybridized carbons (Fsp3) is 0.615. The van der Waals surface area contributed by atoms with Crippen molar-refractivity contribution in [3.05, 3.63) is 23.7 Å². The molecule has 3 atom stereocenters. The molecule has 4 heteroatoms. The summed E-state index contributed by atoms with van der Waals surface area (Å²) in [4.78, 5) is 11.3. The third kappa shape index (κ3) is 2.52. The fourth-order valence-electron chi connectivity index (χ4n) is 2.23. The summed E-state index contributed by atoms with van der Waals surface area (Å²) in [5.41, 5.74) is 0. The number of carbonyl (C=O) groups excluding carboxylic acids is 1. The van der Waals surface area contributed by atoms with Crippen LogP contribution in [0.4, 0.5) is 0 Å². The number of hydrogen-bond donors (Lipinski definition) is 1. The van der Waals surface area contributed by atoms with Gasteiger partial charge in [0.15, 0.2) is 0 Å². The molecule has 0 radical (unpaired) electrons. The van der Waals surface area contributed by atoms with Gasteiger partial charge in [-0.3, -0.25) is 0 Å². The summed E-state index contributed by atoms with van der Waals surface area (Å²) < 4.78 is 10.2. The second kappa shape index (κ2) is 4.92. The SMILES string of the molecule is CCNC(c1ccc(C(=O)OC)o1)C1CC1C. The highest BCUT2D eigenvalue weighted by molar-refractivity contribution is 5.86. The van der Waals surface area contributed by atoms with Crippen molar-refractivity contribution in [1.82, 2.24) is 5.32 Å². The van der Waals surface area contributed by atoms with Crippen LogP contribution in [0.1, 0.15) is 42.6 Å². The van der Waals surface area contributed by atoms with Crippen LogP contribution in [0.5, 0.6) is 0 Å². The maximum atomic E-state index is 11.3. The highest BCUT2D eigenvalue weighted by atomic mass is 16.5. The zero-order valence-corrected chi connectivity index (χ0v) is 10.5. The van der Waals surface area contributed by atoms with Crippen LogP contribution >= 0.6 is 0 Å². The second-order valence-electron chi connectivity index (χ2n) is 4.61. The Kier molecular flexibility index (Phi) is 3.52. The van der Waals surface area contributed by atoms with Gasteiger partial charge in [-0.2, -0.15) is 0 Å². The molecule has 0 amide bonds. The average Bonchev–Trinajstić information content (AvgIpc) is 2.86. The van der Waals surface area contributed by atoms with Gasteiger partial charge in [0, 0.05) is 0 Å². The first-order valence-electron chi connectivity index (χ1n) is 6.08. The predicted molar refractivity (Wildman–Crippen MR) is 63.7 cm³/mol. The lowest BCUT2D eigenvalue weighted by Crippen LogP contribution is -2.22. The van der Waals surface area contributed by atoms with E-state index in [4.69, 9.17) is 4.42 Å². The van der Waals surface area contributed by atoms with Gasteiger partial charge in [0.05, 0.1) is 13.2 Å². The molecule has 3 unspecified atom stereocenters. The van der Waals surface area contributed by atoms with Crippen molar-refractivity contribution < 1.29 is 13.9 Å². The van der Waals surface area contributed by atoms with E-state index >= 15 is 0 Å². The first-order valence-corrected chi connectivity index (χ1v) is 6.08. The molecule has 0 aromatic carbocycles. The number of esters is 1. The molecule has 1 aromatic rings. The highest BCUT2D eigenvalue weighted by Gasteiger charge is 2.41. The van der Waals surface area contributed by atoms with Crippen LogP contribution < -0.4 is 5.32 Å². The van der Waals surface area contributed by atoms with Crippen LogP contribution in [0.2, 0.25) is 0 Å². The summed E-state index contributed by atoms with van der Waals surface area (Å²) in [6, 6.07) is 3.76. The zero-order chi connectivity index (χ0) is 12.4. The van der Waals surface area contributed by atoms with E-state index in [0.29, 0.717) is 5.92 Å². The van der Waals surface area contributed by atoms with Crippen molar-refractivity contribution in [2.75, 3.05) is 13.7 Å².